The second-order valence-electron chi connectivity index (χ2n) is 8.15. The molecule has 1 unspecified atom stereocenters. The second kappa shape index (κ2) is 11.2. The van der Waals surface area contributed by atoms with Crippen LogP contribution in [-0.4, -0.2) is 49.6 Å². The molecule has 29 heavy (non-hydrogen) atoms. The lowest BCUT2D eigenvalue weighted by Crippen LogP contribution is -2.45. The maximum atomic E-state index is 12.8. The van der Waals surface area contributed by atoms with Crippen LogP contribution in [0.25, 0.3) is 0 Å². The Morgan fingerprint density at radius 3 is 2.66 bits per heavy atom. The van der Waals surface area contributed by atoms with Crippen LogP contribution in [-0.2, 0) is 22.7 Å². The first-order valence-corrected chi connectivity index (χ1v) is 11.1. The van der Waals surface area contributed by atoms with Gasteiger partial charge in [-0.2, -0.15) is 0 Å². The molecule has 1 atom stereocenters. The Bertz CT molecular complexity index is 685. The molecule has 2 fully saturated rings. The summed E-state index contributed by atoms with van der Waals surface area (Å²) in [7, 11) is 1.71. The van der Waals surface area contributed by atoms with Gasteiger partial charge in [-0.1, -0.05) is 43.5 Å². The summed E-state index contributed by atoms with van der Waals surface area (Å²) in [6.07, 6.45) is 6.80. The largest absolute Gasteiger partial charge is 0.380 e. The molecule has 6 nitrogen and oxygen atoms in total. The SMILES string of the molecule is CCNC(=NCc1ccccc1COC)NC1CCN(C(=O)C2CCCCC2)C1. The van der Waals surface area contributed by atoms with Gasteiger partial charge in [0.05, 0.1) is 13.2 Å². The maximum Gasteiger partial charge on any atom is 0.225 e. The van der Waals surface area contributed by atoms with E-state index >= 15 is 0 Å². The van der Waals surface area contributed by atoms with E-state index in [0.717, 1.165) is 44.9 Å². The van der Waals surface area contributed by atoms with E-state index in [1.807, 2.05) is 12.1 Å². The fraction of sp³-hybridized carbons (Fsp3) is 0.652. The van der Waals surface area contributed by atoms with Crippen molar-refractivity contribution in [1.82, 2.24) is 15.5 Å². The number of aliphatic imine (C=N–C) groups is 1. The summed E-state index contributed by atoms with van der Waals surface area (Å²) >= 11 is 0. The Labute approximate surface area is 175 Å². The molecule has 1 saturated carbocycles. The van der Waals surface area contributed by atoms with Crippen molar-refractivity contribution < 1.29 is 9.53 Å². The Hall–Kier alpha value is -2.08. The zero-order chi connectivity index (χ0) is 20.5. The zero-order valence-electron chi connectivity index (χ0n) is 18.0. The van der Waals surface area contributed by atoms with Gasteiger partial charge in [0.15, 0.2) is 5.96 Å². The predicted octanol–water partition coefficient (Wildman–Crippen LogP) is 3.07. The van der Waals surface area contributed by atoms with Crippen molar-refractivity contribution in [3.05, 3.63) is 35.4 Å². The van der Waals surface area contributed by atoms with E-state index in [9.17, 15) is 4.79 Å². The molecule has 1 aliphatic carbocycles. The van der Waals surface area contributed by atoms with Crippen LogP contribution < -0.4 is 10.6 Å². The van der Waals surface area contributed by atoms with Crippen molar-refractivity contribution in [2.45, 2.75) is 64.6 Å². The molecule has 160 valence electrons. The lowest BCUT2D eigenvalue weighted by molar-refractivity contribution is -0.135. The summed E-state index contributed by atoms with van der Waals surface area (Å²) in [6, 6.07) is 8.51. The van der Waals surface area contributed by atoms with Crippen LogP contribution in [0.4, 0.5) is 0 Å². The van der Waals surface area contributed by atoms with Gasteiger partial charge in [0, 0.05) is 38.7 Å². The number of hydrogen-bond donors (Lipinski definition) is 2. The van der Waals surface area contributed by atoms with Gasteiger partial charge in [0.25, 0.3) is 0 Å². The summed E-state index contributed by atoms with van der Waals surface area (Å²) in [4.78, 5) is 19.7. The van der Waals surface area contributed by atoms with Crippen molar-refractivity contribution in [2.75, 3.05) is 26.7 Å². The summed E-state index contributed by atoms with van der Waals surface area (Å²) in [6.45, 7) is 5.71. The number of nitrogens with zero attached hydrogens (tertiary/aromatic N) is 2. The Morgan fingerprint density at radius 1 is 1.17 bits per heavy atom. The molecule has 6 heteroatoms. The number of nitrogens with one attached hydrogen (secondary N) is 2. The van der Waals surface area contributed by atoms with Gasteiger partial charge in [-0.25, -0.2) is 4.99 Å². The van der Waals surface area contributed by atoms with Crippen LogP contribution >= 0.6 is 0 Å². The van der Waals surface area contributed by atoms with Gasteiger partial charge in [-0.15, -0.1) is 0 Å². The highest BCUT2D eigenvalue weighted by Gasteiger charge is 2.31. The molecule has 1 aliphatic heterocycles. The first-order valence-electron chi connectivity index (χ1n) is 11.1. The lowest BCUT2D eigenvalue weighted by Gasteiger charge is -2.26. The molecule has 0 aromatic heterocycles. The van der Waals surface area contributed by atoms with E-state index in [0.29, 0.717) is 19.1 Å². The van der Waals surface area contributed by atoms with E-state index in [1.54, 1.807) is 7.11 Å². The van der Waals surface area contributed by atoms with Crippen LogP contribution in [0, 0.1) is 5.92 Å². The van der Waals surface area contributed by atoms with Gasteiger partial charge >= 0.3 is 0 Å². The first-order chi connectivity index (χ1) is 14.2. The van der Waals surface area contributed by atoms with Crippen molar-refractivity contribution in [1.29, 1.82) is 0 Å². The molecular weight excluding hydrogens is 364 g/mol. The highest BCUT2D eigenvalue weighted by molar-refractivity contribution is 5.81. The molecule has 1 aromatic rings. The Kier molecular flexibility index (Phi) is 8.35. The van der Waals surface area contributed by atoms with Gasteiger partial charge in [0.1, 0.15) is 0 Å². The number of amides is 1. The van der Waals surface area contributed by atoms with Crippen molar-refractivity contribution >= 4 is 11.9 Å². The van der Waals surface area contributed by atoms with Crippen LogP contribution in [0.3, 0.4) is 0 Å². The number of rotatable bonds is 7. The van der Waals surface area contributed by atoms with Gasteiger partial charge in [-0.3, -0.25) is 4.79 Å². The van der Waals surface area contributed by atoms with Gasteiger partial charge in [0.2, 0.25) is 5.91 Å². The third-order valence-electron chi connectivity index (χ3n) is 5.97. The zero-order valence-corrected chi connectivity index (χ0v) is 18.0. The van der Waals surface area contributed by atoms with E-state index in [4.69, 9.17) is 9.73 Å². The van der Waals surface area contributed by atoms with Crippen LogP contribution in [0.5, 0.6) is 0 Å². The standard InChI is InChI=1S/C23H36N4O2/c1-3-24-23(25-15-19-11-7-8-12-20(19)17-29-2)26-21-13-14-27(16-21)22(28)18-9-5-4-6-10-18/h7-8,11-12,18,21H,3-6,9-10,13-17H2,1-2H3,(H2,24,25,26). The van der Waals surface area contributed by atoms with Gasteiger partial charge < -0.3 is 20.3 Å². The third-order valence-corrected chi connectivity index (χ3v) is 5.97. The quantitative estimate of drug-likeness (QED) is 0.545. The average Bonchev–Trinajstić information content (AvgIpc) is 3.22. The van der Waals surface area contributed by atoms with E-state index in [2.05, 4.69) is 34.6 Å². The highest BCUT2D eigenvalue weighted by atomic mass is 16.5. The van der Waals surface area contributed by atoms with Crippen molar-refractivity contribution in [3.63, 3.8) is 0 Å². The molecule has 0 bridgehead atoms. The van der Waals surface area contributed by atoms with Crippen molar-refractivity contribution in [3.8, 4) is 0 Å². The minimum atomic E-state index is 0.252. The normalized spacial score (nSPS) is 20.7. The number of methoxy groups -OCH3 is 1. The maximum absolute atomic E-state index is 12.8. The molecular formula is C23H36N4O2. The number of carbonyl (C=O) groups is 1. The number of ether oxygens (including phenoxy) is 1. The smallest absolute Gasteiger partial charge is 0.225 e. The topological polar surface area (TPSA) is 66.0 Å². The number of guanidine groups is 1. The third kappa shape index (κ3) is 6.20. The Balaban J connectivity index is 1.56. The number of hydrogen-bond acceptors (Lipinski definition) is 3. The van der Waals surface area contributed by atoms with Gasteiger partial charge in [-0.05, 0) is 37.3 Å². The number of benzene rings is 1. The summed E-state index contributed by atoms with van der Waals surface area (Å²) in [5.74, 6) is 1.43. The lowest BCUT2D eigenvalue weighted by atomic mass is 9.88. The second-order valence-corrected chi connectivity index (χ2v) is 8.15. The molecule has 2 aliphatic rings. The molecule has 0 spiro atoms. The summed E-state index contributed by atoms with van der Waals surface area (Å²) in [5, 5.41) is 6.88. The van der Waals surface area contributed by atoms with E-state index in [-0.39, 0.29) is 12.0 Å². The average molecular weight is 401 g/mol. The molecule has 1 heterocycles. The molecule has 1 saturated heterocycles. The predicted molar refractivity (Wildman–Crippen MR) is 117 cm³/mol. The summed E-state index contributed by atoms with van der Waals surface area (Å²) < 4.78 is 5.30. The first kappa shape index (κ1) is 21.6. The molecule has 2 N–H and O–H groups in total. The fourth-order valence-corrected chi connectivity index (χ4v) is 4.37. The summed E-state index contributed by atoms with van der Waals surface area (Å²) in [5.41, 5.74) is 2.34. The number of likely N-dealkylation sites (tertiary alicyclic amines) is 1. The molecule has 1 amide bonds. The van der Waals surface area contributed by atoms with Crippen LogP contribution in [0.1, 0.15) is 56.6 Å². The molecule has 1 aromatic carbocycles. The minimum Gasteiger partial charge on any atom is -0.380 e. The molecule has 0 radical (unpaired) electrons. The van der Waals surface area contributed by atoms with E-state index in [1.165, 1.54) is 30.4 Å². The minimum absolute atomic E-state index is 0.252. The Morgan fingerprint density at radius 2 is 1.93 bits per heavy atom. The van der Waals surface area contributed by atoms with E-state index < -0.39 is 0 Å². The van der Waals surface area contributed by atoms with Crippen molar-refractivity contribution in [2.24, 2.45) is 10.9 Å². The fourth-order valence-electron chi connectivity index (χ4n) is 4.37. The monoisotopic (exact) mass is 400 g/mol. The highest BCUT2D eigenvalue weighted by Crippen LogP contribution is 2.26. The van der Waals surface area contributed by atoms with Crippen LogP contribution in [0.2, 0.25) is 0 Å². The van der Waals surface area contributed by atoms with Crippen LogP contribution in [0.15, 0.2) is 29.3 Å². The number of carbonyl (C=O) groups excluding carboxylic acids is 1. The molecule has 3 rings (SSSR count).